The standard InChI is InChI=1S/C19H29Cl3N2O5/c1-11(2)9-12(23-17(27)29-18(3,4)5)16(26)24-13(7-8-19(20,21)22)14(28-6)10-15(24)25/h10-13H,7-9H2,1-6H3,(H,23,27)/t12-,13+/m1/s1. The number of nitrogens with zero attached hydrogens (tertiary/aromatic N) is 1. The van der Waals surface area contributed by atoms with Crippen LogP contribution in [0.5, 0.6) is 0 Å². The molecule has 1 N–H and O–H groups in total. The quantitative estimate of drug-likeness (QED) is 0.558. The molecule has 0 aromatic rings. The Morgan fingerprint density at radius 2 is 1.83 bits per heavy atom. The minimum atomic E-state index is -1.54. The molecule has 0 unspecified atom stereocenters. The first kappa shape index (κ1) is 25.9. The Morgan fingerprint density at radius 1 is 1.24 bits per heavy atom. The summed E-state index contributed by atoms with van der Waals surface area (Å²) in [4.78, 5) is 39.1. The van der Waals surface area contributed by atoms with Crippen LogP contribution in [0.3, 0.4) is 0 Å². The van der Waals surface area contributed by atoms with Gasteiger partial charge in [-0.2, -0.15) is 0 Å². The number of hydrogen-bond acceptors (Lipinski definition) is 5. The molecule has 0 aromatic heterocycles. The largest absolute Gasteiger partial charge is 0.499 e. The third-order valence-corrected chi connectivity index (χ3v) is 4.58. The normalized spacial score (nSPS) is 18.6. The van der Waals surface area contributed by atoms with Gasteiger partial charge in [-0.1, -0.05) is 48.7 Å². The third kappa shape index (κ3) is 8.60. The Kier molecular flexibility index (Phi) is 9.12. The van der Waals surface area contributed by atoms with E-state index in [1.165, 1.54) is 13.2 Å². The average Bonchev–Trinajstić information content (AvgIpc) is 2.84. The highest BCUT2D eigenvalue weighted by atomic mass is 35.6. The fourth-order valence-electron chi connectivity index (χ4n) is 2.91. The van der Waals surface area contributed by atoms with E-state index in [1.807, 2.05) is 13.8 Å². The van der Waals surface area contributed by atoms with Gasteiger partial charge in [0.05, 0.1) is 13.2 Å². The predicted octanol–water partition coefficient (Wildman–Crippen LogP) is 4.34. The molecule has 10 heteroatoms. The van der Waals surface area contributed by atoms with Crippen molar-refractivity contribution in [2.45, 2.75) is 75.4 Å². The van der Waals surface area contributed by atoms with Crippen molar-refractivity contribution < 1.29 is 23.9 Å². The van der Waals surface area contributed by atoms with Crippen molar-refractivity contribution in [3.05, 3.63) is 11.8 Å². The molecule has 0 aliphatic carbocycles. The number of alkyl carbamates (subject to hydrolysis) is 1. The maximum absolute atomic E-state index is 13.2. The van der Waals surface area contributed by atoms with Gasteiger partial charge in [-0.25, -0.2) is 4.79 Å². The number of halogens is 3. The molecule has 0 bridgehead atoms. The van der Waals surface area contributed by atoms with E-state index in [1.54, 1.807) is 20.8 Å². The van der Waals surface area contributed by atoms with Crippen molar-refractivity contribution in [1.29, 1.82) is 0 Å². The number of ether oxygens (including phenoxy) is 2. The van der Waals surface area contributed by atoms with E-state index in [-0.39, 0.29) is 18.8 Å². The fourth-order valence-corrected chi connectivity index (χ4v) is 3.24. The van der Waals surface area contributed by atoms with Crippen LogP contribution in [0.15, 0.2) is 11.8 Å². The topological polar surface area (TPSA) is 84.9 Å². The molecule has 29 heavy (non-hydrogen) atoms. The van der Waals surface area contributed by atoms with Crippen LogP contribution < -0.4 is 5.32 Å². The number of hydrogen-bond donors (Lipinski definition) is 1. The summed E-state index contributed by atoms with van der Waals surface area (Å²) >= 11 is 17.5. The Bertz CT molecular complexity index is 653. The summed E-state index contributed by atoms with van der Waals surface area (Å²) < 4.78 is 8.97. The van der Waals surface area contributed by atoms with Crippen LogP contribution in [0, 0.1) is 5.92 Å². The molecule has 0 aromatic carbocycles. The zero-order chi connectivity index (χ0) is 22.6. The van der Waals surface area contributed by atoms with Crippen molar-refractivity contribution in [2.24, 2.45) is 5.92 Å². The van der Waals surface area contributed by atoms with Crippen LogP contribution in [-0.2, 0) is 19.1 Å². The maximum atomic E-state index is 13.2. The first-order chi connectivity index (χ1) is 13.1. The van der Waals surface area contributed by atoms with Crippen LogP contribution in [-0.4, -0.2) is 51.4 Å². The molecule has 1 heterocycles. The fraction of sp³-hybridized carbons (Fsp3) is 0.737. The number of carbonyl (C=O) groups is 3. The van der Waals surface area contributed by atoms with Gasteiger partial charge in [-0.05, 0) is 46.0 Å². The Balaban J connectivity index is 3.07. The monoisotopic (exact) mass is 470 g/mol. The van der Waals surface area contributed by atoms with Gasteiger partial charge < -0.3 is 14.8 Å². The molecule has 166 valence electrons. The van der Waals surface area contributed by atoms with Crippen molar-refractivity contribution in [3.8, 4) is 0 Å². The molecule has 0 radical (unpaired) electrons. The van der Waals surface area contributed by atoms with Gasteiger partial charge in [-0.15, -0.1) is 0 Å². The van der Waals surface area contributed by atoms with Gasteiger partial charge in [0.15, 0.2) is 3.79 Å². The van der Waals surface area contributed by atoms with Gasteiger partial charge in [0.2, 0.25) is 0 Å². The van der Waals surface area contributed by atoms with Crippen LogP contribution in [0.4, 0.5) is 4.79 Å². The maximum Gasteiger partial charge on any atom is 0.408 e. The molecule has 1 aliphatic heterocycles. The average molecular weight is 472 g/mol. The molecule has 1 rings (SSSR count). The molecule has 1 aliphatic rings. The van der Waals surface area contributed by atoms with Crippen molar-refractivity contribution in [3.63, 3.8) is 0 Å². The van der Waals surface area contributed by atoms with Gasteiger partial charge >= 0.3 is 6.09 Å². The molecule has 2 atom stereocenters. The molecule has 3 amide bonds. The number of methoxy groups -OCH3 is 1. The second-order valence-electron chi connectivity index (χ2n) is 8.30. The highest BCUT2D eigenvalue weighted by Gasteiger charge is 2.42. The van der Waals surface area contributed by atoms with Gasteiger partial charge in [0.1, 0.15) is 17.4 Å². The number of rotatable bonds is 7. The summed E-state index contributed by atoms with van der Waals surface area (Å²) in [5, 5.41) is 2.58. The lowest BCUT2D eigenvalue weighted by atomic mass is 10.0. The summed E-state index contributed by atoms with van der Waals surface area (Å²) in [5.41, 5.74) is -0.726. The van der Waals surface area contributed by atoms with Crippen molar-refractivity contribution in [2.75, 3.05) is 7.11 Å². The SMILES string of the molecule is COC1=CC(=O)N(C(=O)[C@@H](CC(C)C)NC(=O)OC(C)(C)C)[C@H]1CCC(Cl)(Cl)Cl. The van der Waals surface area contributed by atoms with E-state index < -0.39 is 39.4 Å². The van der Waals surface area contributed by atoms with E-state index in [0.29, 0.717) is 12.2 Å². The van der Waals surface area contributed by atoms with Crippen LogP contribution >= 0.6 is 34.8 Å². The molecular formula is C19H29Cl3N2O5. The van der Waals surface area contributed by atoms with E-state index in [9.17, 15) is 14.4 Å². The summed E-state index contributed by atoms with van der Waals surface area (Å²) in [6.07, 6.45) is 1.13. The van der Waals surface area contributed by atoms with Gasteiger partial charge in [0.25, 0.3) is 11.8 Å². The lowest BCUT2D eigenvalue weighted by molar-refractivity contribution is -0.145. The summed E-state index contributed by atoms with van der Waals surface area (Å²) in [5.74, 6) is -0.725. The molecule has 0 saturated carbocycles. The first-order valence-corrected chi connectivity index (χ1v) is 10.5. The van der Waals surface area contributed by atoms with E-state index in [4.69, 9.17) is 44.3 Å². The van der Waals surface area contributed by atoms with Crippen LogP contribution in [0.25, 0.3) is 0 Å². The molecule has 0 fully saturated rings. The Labute approximate surface area is 187 Å². The molecule has 7 nitrogen and oxygen atoms in total. The first-order valence-electron chi connectivity index (χ1n) is 9.33. The lowest BCUT2D eigenvalue weighted by Crippen LogP contribution is -2.53. The molecule has 0 saturated heterocycles. The van der Waals surface area contributed by atoms with Crippen LogP contribution in [0.1, 0.15) is 53.9 Å². The number of amides is 3. The van der Waals surface area contributed by atoms with Gasteiger partial charge in [0, 0.05) is 6.08 Å². The van der Waals surface area contributed by atoms with E-state index >= 15 is 0 Å². The van der Waals surface area contributed by atoms with Crippen molar-refractivity contribution >= 4 is 52.7 Å². The molecular weight excluding hydrogens is 443 g/mol. The summed E-state index contributed by atoms with van der Waals surface area (Å²) in [6.45, 7) is 8.97. The zero-order valence-corrected chi connectivity index (χ0v) is 19.8. The number of nitrogens with one attached hydrogen (secondary N) is 1. The second-order valence-corrected chi connectivity index (χ2v) is 10.8. The smallest absolute Gasteiger partial charge is 0.408 e. The minimum absolute atomic E-state index is 0.0751. The van der Waals surface area contributed by atoms with E-state index in [0.717, 1.165) is 4.90 Å². The molecule has 0 spiro atoms. The van der Waals surface area contributed by atoms with Crippen molar-refractivity contribution in [1.82, 2.24) is 10.2 Å². The number of imide groups is 1. The zero-order valence-electron chi connectivity index (χ0n) is 17.6. The van der Waals surface area contributed by atoms with E-state index in [2.05, 4.69) is 5.32 Å². The number of carbonyl (C=O) groups excluding carboxylic acids is 3. The van der Waals surface area contributed by atoms with Gasteiger partial charge in [-0.3, -0.25) is 14.5 Å². The number of alkyl halides is 3. The third-order valence-electron chi connectivity index (χ3n) is 4.01. The van der Waals surface area contributed by atoms with Crippen LogP contribution in [0.2, 0.25) is 0 Å². The Morgan fingerprint density at radius 3 is 2.28 bits per heavy atom. The highest BCUT2D eigenvalue weighted by molar-refractivity contribution is 6.67. The summed E-state index contributed by atoms with van der Waals surface area (Å²) in [7, 11) is 1.40. The minimum Gasteiger partial charge on any atom is -0.499 e. The summed E-state index contributed by atoms with van der Waals surface area (Å²) in [6, 6.07) is -1.67. The lowest BCUT2D eigenvalue weighted by Gasteiger charge is -2.30. The highest BCUT2D eigenvalue weighted by Crippen LogP contribution is 2.35. The second kappa shape index (κ2) is 10.2. The Hall–Kier alpha value is -1.18. The predicted molar refractivity (Wildman–Crippen MR) is 113 cm³/mol.